The van der Waals surface area contributed by atoms with Gasteiger partial charge in [0.15, 0.2) is 0 Å². The largest absolute Gasteiger partial charge is 0.383 e. The Labute approximate surface area is 82.2 Å². The number of ether oxygens (including phenoxy) is 1. The molecule has 0 bridgehead atoms. The first kappa shape index (κ1) is 12.9. The van der Waals surface area contributed by atoms with Gasteiger partial charge in [0, 0.05) is 19.7 Å². The molecular formula is C10H24N2O. The number of nitrogens with two attached hydrogens (primary N) is 1. The Kier molecular flexibility index (Phi) is 7.23. The third kappa shape index (κ3) is 8.22. The minimum atomic E-state index is 0.141. The van der Waals surface area contributed by atoms with E-state index in [0.717, 1.165) is 19.0 Å². The van der Waals surface area contributed by atoms with Crippen LogP contribution in [0.5, 0.6) is 0 Å². The highest BCUT2D eigenvalue weighted by atomic mass is 16.5. The predicted molar refractivity (Wildman–Crippen MR) is 56.8 cm³/mol. The van der Waals surface area contributed by atoms with Crippen LogP contribution >= 0.6 is 0 Å². The van der Waals surface area contributed by atoms with Crippen LogP contribution in [0.1, 0.15) is 20.3 Å². The lowest BCUT2D eigenvalue weighted by molar-refractivity contribution is 0.160. The Bertz CT molecular complexity index is 117. The van der Waals surface area contributed by atoms with Gasteiger partial charge in [-0.3, -0.25) is 0 Å². The Morgan fingerprint density at radius 3 is 2.46 bits per heavy atom. The molecule has 0 rings (SSSR count). The molecule has 2 N–H and O–H groups in total. The molecule has 0 saturated heterocycles. The van der Waals surface area contributed by atoms with Crippen molar-refractivity contribution in [2.75, 3.05) is 33.9 Å². The van der Waals surface area contributed by atoms with E-state index in [1.807, 2.05) is 0 Å². The lowest BCUT2D eigenvalue weighted by Gasteiger charge is -2.21. The molecule has 0 spiro atoms. The molecule has 3 nitrogen and oxygen atoms in total. The van der Waals surface area contributed by atoms with Crippen LogP contribution in [0.3, 0.4) is 0 Å². The molecule has 0 radical (unpaired) electrons. The molecule has 0 saturated carbocycles. The fourth-order valence-electron chi connectivity index (χ4n) is 1.24. The number of likely N-dealkylation sites (N-methyl/N-ethyl adjacent to an activating group) is 1. The summed E-state index contributed by atoms with van der Waals surface area (Å²) in [6, 6.07) is 0.141. The van der Waals surface area contributed by atoms with Crippen molar-refractivity contribution in [2.24, 2.45) is 11.7 Å². The third-order valence-corrected chi connectivity index (χ3v) is 2.02. The average Bonchev–Trinajstić information content (AvgIpc) is 2.01. The van der Waals surface area contributed by atoms with Gasteiger partial charge in [-0.05, 0) is 25.9 Å². The molecule has 0 aliphatic rings. The number of hydrogen-bond acceptors (Lipinski definition) is 3. The van der Waals surface area contributed by atoms with Crippen molar-refractivity contribution < 1.29 is 4.74 Å². The fourth-order valence-corrected chi connectivity index (χ4v) is 1.24. The van der Waals surface area contributed by atoms with Crippen molar-refractivity contribution in [3.63, 3.8) is 0 Å². The summed E-state index contributed by atoms with van der Waals surface area (Å²) in [7, 11) is 3.80. The maximum absolute atomic E-state index is 5.82. The molecule has 0 aliphatic heterocycles. The van der Waals surface area contributed by atoms with Gasteiger partial charge in [-0.2, -0.15) is 0 Å². The quantitative estimate of drug-likeness (QED) is 0.646. The summed E-state index contributed by atoms with van der Waals surface area (Å²) >= 11 is 0. The zero-order chi connectivity index (χ0) is 10.3. The first-order valence-electron chi connectivity index (χ1n) is 4.99. The summed E-state index contributed by atoms with van der Waals surface area (Å²) in [5, 5.41) is 0. The second-order valence-electron chi connectivity index (χ2n) is 4.16. The highest BCUT2D eigenvalue weighted by Gasteiger charge is 2.06. The van der Waals surface area contributed by atoms with Gasteiger partial charge in [-0.1, -0.05) is 13.8 Å². The molecule has 0 aromatic rings. The minimum Gasteiger partial charge on any atom is -0.383 e. The molecule has 0 fully saturated rings. The van der Waals surface area contributed by atoms with Crippen molar-refractivity contribution >= 4 is 0 Å². The second kappa shape index (κ2) is 7.30. The normalized spacial score (nSPS) is 14.1. The van der Waals surface area contributed by atoms with E-state index in [2.05, 4.69) is 25.8 Å². The van der Waals surface area contributed by atoms with E-state index in [1.165, 1.54) is 6.42 Å². The zero-order valence-corrected chi connectivity index (χ0v) is 9.42. The smallest absolute Gasteiger partial charge is 0.0626 e. The third-order valence-electron chi connectivity index (χ3n) is 2.02. The number of methoxy groups -OCH3 is 1. The van der Waals surface area contributed by atoms with Gasteiger partial charge in [0.05, 0.1) is 6.61 Å². The monoisotopic (exact) mass is 188 g/mol. The predicted octanol–water partition coefficient (Wildman–Crippen LogP) is 0.938. The topological polar surface area (TPSA) is 38.5 Å². The van der Waals surface area contributed by atoms with E-state index < -0.39 is 0 Å². The van der Waals surface area contributed by atoms with Crippen LogP contribution in [0.2, 0.25) is 0 Å². The zero-order valence-electron chi connectivity index (χ0n) is 9.42. The van der Waals surface area contributed by atoms with Crippen LogP contribution in [0.25, 0.3) is 0 Å². The Morgan fingerprint density at radius 2 is 2.00 bits per heavy atom. The van der Waals surface area contributed by atoms with E-state index in [-0.39, 0.29) is 6.04 Å². The maximum atomic E-state index is 5.82. The first-order chi connectivity index (χ1) is 6.06. The van der Waals surface area contributed by atoms with Crippen molar-refractivity contribution in [3.05, 3.63) is 0 Å². The van der Waals surface area contributed by atoms with E-state index in [0.29, 0.717) is 6.61 Å². The molecule has 1 unspecified atom stereocenters. The second-order valence-corrected chi connectivity index (χ2v) is 4.16. The van der Waals surface area contributed by atoms with Crippen LogP contribution in [-0.4, -0.2) is 44.8 Å². The van der Waals surface area contributed by atoms with Gasteiger partial charge in [-0.25, -0.2) is 0 Å². The fraction of sp³-hybridized carbons (Fsp3) is 1.00. The summed E-state index contributed by atoms with van der Waals surface area (Å²) < 4.78 is 4.98. The molecule has 0 amide bonds. The molecule has 0 aliphatic carbocycles. The van der Waals surface area contributed by atoms with Crippen LogP contribution < -0.4 is 5.73 Å². The molecule has 3 heteroatoms. The van der Waals surface area contributed by atoms with Crippen molar-refractivity contribution in [1.82, 2.24) is 4.90 Å². The summed E-state index contributed by atoms with van der Waals surface area (Å²) in [5.74, 6) is 0.765. The van der Waals surface area contributed by atoms with Crippen molar-refractivity contribution in [2.45, 2.75) is 26.3 Å². The number of nitrogens with zero attached hydrogens (tertiary/aromatic N) is 1. The highest BCUT2D eigenvalue weighted by Crippen LogP contribution is 2.00. The Balaban J connectivity index is 3.43. The molecule has 1 atom stereocenters. The van der Waals surface area contributed by atoms with Crippen LogP contribution in [-0.2, 0) is 4.74 Å². The summed E-state index contributed by atoms with van der Waals surface area (Å²) in [4.78, 5) is 2.27. The van der Waals surface area contributed by atoms with Gasteiger partial charge in [0.1, 0.15) is 0 Å². The van der Waals surface area contributed by atoms with Gasteiger partial charge < -0.3 is 15.4 Å². The Morgan fingerprint density at radius 1 is 1.38 bits per heavy atom. The molecule has 13 heavy (non-hydrogen) atoms. The number of hydrogen-bond donors (Lipinski definition) is 1. The van der Waals surface area contributed by atoms with Crippen molar-refractivity contribution in [3.8, 4) is 0 Å². The van der Waals surface area contributed by atoms with Crippen LogP contribution in [0, 0.1) is 5.92 Å². The maximum Gasteiger partial charge on any atom is 0.0626 e. The summed E-state index contributed by atoms with van der Waals surface area (Å²) in [5.41, 5.74) is 5.82. The lowest BCUT2D eigenvalue weighted by atomic mass is 10.1. The average molecular weight is 188 g/mol. The van der Waals surface area contributed by atoms with Gasteiger partial charge in [-0.15, -0.1) is 0 Å². The Hall–Kier alpha value is -0.120. The lowest BCUT2D eigenvalue weighted by Crippen LogP contribution is -2.38. The standard InChI is InChI=1S/C10H24N2O/c1-9(2)5-6-12(3)7-10(11)8-13-4/h9-10H,5-8,11H2,1-4H3. The van der Waals surface area contributed by atoms with Gasteiger partial charge in [0.2, 0.25) is 0 Å². The van der Waals surface area contributed by atoms with Crippen molar-refractivity contribution in [1.29, 1.82) is 0 Å². The highest BCUT2D eigenvalue weighted by molar-refractivity contribution is 4.65. The first-order valence-corrected chi connectivity index (χ1v) is 4.99. The molecule has 0 aromatic heterocycles. The van der Waals surface area contributed by atoms with Gasteiger partial charge >= 0.3 is 0 Å². The molecule has 0 heterocycles. The minimum absolute atomic E-state index is 0.141. The summed E-state index contributed by atoms with van der Waals surface area (Å²) in [6.07, 6.45) is 1.23. The molecule has 80 valence electrons. The van der Waals surface area contributed by atoms with E-state index in [9.17, 15) is 0 Å². The SMILES string of the molecule is COCC(N)CN(C)CCC(C)C. The van der Waals surface area contributed by atoms with Crippen LogP contribution in [0.15, 0.2) is 0 Å². The van der Waals surface area contributed by atoms with E-state index in [1.54, 1.807) is 7.11 Å². The molecule has 0 aromatic carbocycles. The summed E-state index contributed by atoms with van der Waals surface area (Å²) in [6.45, 7) is 7.16. The van der Waals surface area contributed by atoms with Crippen LogP contribution in [0.4, 0.5) is 0 Å². The van der Waals surface area contributed by atoms with Gasteiger partial charge in [0.25, 0.3) is 0 Å². The molecular weight excluding hydrogens is 164 g/mol. The van der Waals surface area contributed by atoms with E-state index >= 15 is 0 Å². The number of rotatable bonds is 7. The van der Waals surface area contributed by atoms with E-state index in [4.69, 9.17) is 10.5 Å².